The second-order valence-electron chi connectivity index (χ2n) is 6.32. The van der Waals surface area contributed by atoms with Crippen LogP contribution in [-0.2, 0) is 24.4 Å². The van der Waals surface area contributed by atoms with E-state index in [-0.39, 0.29) is 5.91 Å². The highest BCUT2D eigenvalue weighted by Gasteiger charge is 2.14. The number of nitrogens with zero attached hydrogens (tertiary/aromatic N) is 3. The van der Waals surface area contributed by atoms with Gasteiger partial charge in [0.1, 0.15) is 12.4 Å². The van der Waals surface area contributed by atoms with Crippen LogP contribution < -0.4 is 10.5 Å². The minimum Gasteiger partial charge on any atom is -0.486 e. The summed E-state index contributed by atoms with van der Waals surface area (Å²) < 4.78 is 7.95. The molecule has 0 spiro atoms. The molecule has 0 bridgehead atoms. The number of primary amides is 1. The Morgan fingerprint density at radius 3 is 2.50 bits per heavy atom. The zero-order valence-electron chi connectivity index (χ0n) is 15.9. The Labute approximate surface area is 169 Å². The zero-order valence-corrected chi connectivity index (χ0v) is 16.7. The number of ether oxygens (including phenoxy) is 1. The highest BCUT2D eigenvalue weighted by molar-refractivity contribution is 7.99. The number of benzene rings is 2. The summed E-state index contributed by atoms with van der Waals surface area (Å²) in [4.78, 5) is 11.0. The van der Waals surface area contributed by atoms with Crippen molar-refractivity contribution in [3.05, 3.63) is 71.5 Å². The monoisotopic (exact) mass is 396 g/mol. The fourth-order valence-electron chi connectivity index (χ4n) is 2.67. The van der Waals surface area contributed by atoms with Crippen molar-refractivity contribution in [3.63, 3.8) is 0 Å². The van der Waals surface area contributed by atoms with Crippen LogP contribution >= 0.6 is 11.8 Å². The molecule has 7 heteroatoms. The molecule has 0 aliphatic rings. The van der Waals surface area contributed by atoms with Gasteiger partial charge in [0.15, 0.2) is 11.0 Å². The zero-order chi connectivity index (χ0) is 19.8. The molecular formula is C21H24N4O2S. The lowest BCUT2D eigenvalue weighted by Crippen LogP contribution is -2.12. The summed E-state index contributed by atoms with van der Waals surface area (Å²) in [6.07, 6.45) is 1.30. The topological polar surface area (TPSA) is 83.0 Å². The molecule has 0 saturated heterocycles. The summed E-state index contributed by atoms with van der Waals surface area (Å²) in [5.41, 5.74) is 7.66. The molecule has 0 atom stereocenters. The summed E-state index contributed by atoms with van der Waals surface area (Å²) in [6, 6.07) is 18.2. The number of hydrogen-bond acceptors (Lipinski definition) is 5. The first-order chi connectivity index (χ1) is 13.7. The van der Waals surface area contributed by atoms with Gasteiger partial charge >= 0.3 is 0 Å². The normalized spacial score (nSPS) is 10.8. The number of thioether (sulfide) groups is 1. The lowest BCUT2D eigenvalue weighted by atomic mass is 10.2. The van der Waals surface area contributed by atoms with Gasteiger partial charge in [-0.05, 0) is 29.7 Å². The highest BCUT2D eigenvalue weighted by Crippen LogP contribution is 2.21. The molecule has 6 nitrogen and oxygen atoms in total. The van der Waals surface area contributed by atoms with E-state index in [0.29, 0.717) is 25.3 Å². The van der Waals surface area contributed by atoms with E-state index in [1.807, 2.05) is 34.9 Å². The van der Waals surface area contributed by atoms with Gasteiger partial charge in [-0.1, -0.05) is 61.2 Å². The lowest BCUT2D eigenvalue weighted by Gasteiger charge is -2.11. The summed E-state index contributed by atoms with van der Waals surface area (Å²) in [6.45, 7) is 3.08. The number of hydrogen-bond donors (Lipinski definition) is 1. The van der Waals surface area contributed by atoms with Crippen LogP contribution in [0.5, 0.6) is 5.75 Å². The third-order valence-corrected chi connectivity index (χ3v) is 5.22. The standard InChI is InChI=1S/C21H24N4O2S/c1-2-16-8-10-18(11-9-16)27-15-20-23-24-21(28-13-12-19(22)26)25(20)14-17-6-4-3-5-7-17/h3-11H,2,12-15H2,1H3,(H2,22,26). The van der Waals surface area contributed by atoms with Gasteiger partial charge < -0.3 is 10.5 Å². The van der Waals surface area contributed by atoms with Gasteiger partial charge in [-0.3, -0.25) is 9.36 Å². The molecule has 0 aliphatic carbocycles. The van der Waals surface area contributed by atoms with Crippen molar-refractivity contribution in [2.45, 2.75) is 38.1 Å². The van der Waals surface area contributed by atoms with E-state index in [1.54, 1.807) is 0 Å². The molecule has 2 N–H and O–H groups in total. The van der Waals surface area contributed by atoms with E-state index >= 15 is 0 Å². The van der Waals surface area contributed by atoms with Gasteiger partial charge in [-0.2, -0.15) is 0 Å². The van der Waals surface area contributed by atoms with E-state index in [0.717, 1.165) is 28.7 Å². The number of carbonyl (C=O) groups is 1. The van der Waals surface area contributed by atoms with Gasteiger partial charge in [0, 0.05) is 12.2 Å². The summed E-state index contributed by atoms with van der Waals surface area (Å²) in [5.74, 6) is 1.79. The van der Waals surface area contributed by atoms with E-state index in [2.05, 4.69) is 41.4 Å². The summed E-state index contributed by atoms with van der Waals surface area (Å²) in [7, 11) is 0. The van der Waals surface area contributed by atoms with Crippen LogP contribution in [0.15, 0.2) is 59.8 Å². The number of nitrogens with two attached hydrogens (primary N) is 1. The molecule has 0 saturated carbocycles. The summed E-state index contributed by atoms with van der Waals surface area (Å²) in [5, 5.41) is 9.36. The van der Waals surface area contributed by atoms with E-state index in [9.17, 15) is 4.79 Å². The minimum atomic E-state index is -0.319. The van der Waals surface area contributed by atoms with Crippen molar-refractivity contribution in [3.8, 4) is 5.75 Å². The molecular weight excluding hydrogens is 372 g/mol. The van der Waals surface area contributed by atoms with Crippen LogP contribution in [0, 0.1) is 0 Å². The van der Waals surface area contributed by atoms with Crippen LogP contribution in [-0.4, -0.2) is 26.4 Å². The molecule has 0 aliphatic heterocycles. The van der Waals surface area contributed by atoms with Crippen LogP contribution in [0.4, 0.5) is 0 Å². The maximum absolute atomic E-state index is 11.0. The van der Waals surface area contributed by atoms with Gasteiger partial charge in [-0.25, -0.2) is 0 Å². The van der Waals surface area contributed by atoms with Crippen molar-refractivity contribution in [1.29, 1.82) is 0 Å². The first kappa shape index (κ1) is 19.9. The Morgan fingerprint density at radius 2 is 1.82 bits per heavy atom. The van der Waals surface area contributed by atoms with Crippen molar-refractivity contribution < 1.29 is 9.53 Å². The van der Waals surface area contributed by atoms with Crippen LogP contribution in [0.1, 0.15) is 30.3 Å². The molecule has 1 heterocycles. The molecule has 3 aromatic rings. The van der Waals surface area contributed by atoms with Crippen molar-refractivity contribution in [1.82, 2.24) is 14.8 Å². The van der Waals surface area contributed by atoms with Gasteiger partial charge in [0.25, 0.3) is 0 Å². The Kier molecular flexibility index (Phi) is 7.08. The van der Waals surface area contributed by atoms with Gasteiger partial charge in [0.2, 0.25) is 5.91 Å². The number of rotatable bonds is 10. The summed E-state index contributed by atoms with van der Waals surface area (Å²) >= 11 is 1.48. The quantitative estimate of drug-likeness (QED) is 0.531. The van der Waals surface area contributed by atoms with Crippen molar-refractivity contribution in [2.75, 3.05) is 5.75 Å². The van der Waals surface area contributed by atoms with Crippen LogP contribution in [0.2, 0.25) is 0 Å². The predicted molar refractivity (Wildman–Crippen MR) is 110 cm³/mol. The Hall–Kier alpha value is -2.80. The molecule has 3 rings (SSSR count). The van der Waals surface area contributed by atoms with Gasteiger partial charge in [0.05, 0.1) is 6.54 Å². The second-order valence-corrected chi connectivity index (χ2v) is 7.38. The van der Waals surface area contributed by atoms with Crippen molar-refractivity contribution >= 4 is 17.7 Å². The third-order valence-electron chi connectivity index (χ3n) is 4.26. The Bertz CT molecular complexity index is 895. The predicted octanol–water partition coefficient (Wildman–Crippen LogP) is 3.44. The highest BCUT2D eigenvalue weighted by atomic mass is 32.2. The van der Waals surface area contributed by atoms with Gasteiger partial charge in [-0.15, -0.1) is 10.2 Å². The number of aryl methyl sites for hydroxylation is 1. The maximum Gasteiger partial charge on any atom is 0.218 e. The fourth-order valence-corrected chi connectivity index (χ4v) is 3.58. The average molecular weight is 397 g/mol. The lowest BCUT2D eigenvalue weighted by molar-refractivity contribution is -0.117. The van der Waals surface area contributed by atoms with E-state index in [4.69, 9.17) is 10.5 Å². The number of carbonyl (C=O) groups excluding carboxylic acids is 1. The third kappa shape index (κ3) is 5.60. The first-order valence-electron chi connectivity index (χ1n) is 9.24. The maximum atomic E-state index is 11.0. The molecule has 0 radical (unpaired) electrons. The molecule has 1 amide bonds. The molecule has 0 fully saturated rings. The molecule has 0 unspecified atom stereocenters. The van der Waals surface area contributed by atoms with E-state index in [1.165, 1.54) is 17.3 Å². The Balaban J connectivity index is 1.74. The largest absolute Gasteiger partial charge is 0.486 e. The first-order valence-corrected chi connectivity index (χ1v) is 10.2. The Morgan fingerprint density at radius 1 is 1.07 bits per heavy atom. The van der Waals surface area contributed by atoms with Crippen LogP contribution in [0.3, 0.4) is 0 Å². The van der Waals surface area contributed by atoms with Crippen LogP contribution in [0.25, 0.3) is 0 Å². The molecule has 146 valence electrons. The number of aromatic nitrogens is 3. The molecule has 1 aromatic heterocycles. The minimum absolute atomic E-state index is 0.304. The fraction of sp³-hybridized carbons (Fsp3) is 0.286. The average Bonchev–Trinajstić information content (AvgIpc) is 3.09. The second kappa shape index (κ2) is 9.94. The smallest absolute Gasteiger partial charge is 0.218 e. The SMILES string of the molecule is CCc1ccc(OCc2nnc(SCCC(N)=O)n2Cc2ccccc2)cc1. The molecule has 2 aromatic carbocycles. The molecule has 28 heavy (non-hydrogen) atoms. The van der Waals surface area contributed by atoms with E-state index < -0.39 is 0 Å². The van der Waals surface area contributed by atoms with Crippen molar-refractivity contribution in [2.24, 2.45) is 5.73 Å². The number of amides is 1.